The standard InChI is InChI=1S/C16H17BrClNO/c1-3-10-6-4-5-7-12(10)15(19)13-8-11(18)9-14(17)16(13)20-2/h4-9,15H,3,19H2,1-2H3. The molecule has 20 heavy (non-hydrogen) atoms. The minimum atomic E-state index is -0.268. The fourth-order valence-corrected chi connectivity index (χ4v) is 3.35. The van der Waals surface area contributed by atoms with E-state index in [9.17, 15) is 0 Å². The molecule has 0 saturated heterocycles. The van der Waals surface area contributed by atoms with E-state index in [1.54, 1.807) is 7.11 Å². The number of methoxy groups -OCH3 is 1. The molecule has 1 atom stereocenters. The van der Waals surface area contributed by atoms with Crippen LogP contribution in [0.5, 0.6) is 5.75 Å². The number of hydrogen-bond acceptors (Lipinski definition) is 2. The van der Waals surface area contributed by atoms with Crippen molar-refractivity contribution in [2.75, 3.05) is 7.11 Å². The Morgan fingerprint density at radius 3 is 2.60 bits per heavy atom. The van der Waals surface area contributed by atoms with Crippen molar-refractivity contribution in [2.24, 2.45) is 5.73 Å². The molecule has 0 aliphatic heterocycles. The van der Waals surface area contributed by atoms with Gasteiger partial charge in [0.15, 0.2) is 0 Å². The molecule has 0 saturated carbocycles. The predicted molar refractivity (Wildman–Crippen MR) is 87.6 cm³/mol. The van der Waals surface area contributed by atoms with E-state index >= 15 is 0 Å². The Morgan fingerprint density at radius 1 is 1.25 bits per heavy atom. The van der Waals surface area contributed by atoms with Crippen LogP contribution in [0.15, 0.2) is 40.9 Å². The van der Waals surface area contributed by atoms with Crippen molar-refractivity contribution in [3.05, 3.63) is 62.6 Å². The molecule has 1 unspecified atom stereocenters. The largest absolute Gasteiger partial charge is 0.495 e. The fourth-order valence-electron chi connectivity index (χ4n) is 2.35. The molecule has 4 heteroatoms. The summed E-state index contributed by atoms with van der Waals surface area (Å²) in [5.74, 6) is 0.729. The van der Waals surface area contributed by atoms with Crippen LogP contribution in [0.4, 0.5) is 0 Å². The molecule has 2 aromatic carbocycles. The van der Waals surface area contributed by atoms with Gasteiger partial charge in [0.25, 0.3) is 0 Å². The van der Waals surface area contributed by atoms with E-state index in [-0.39, 0.29) is 6.04 Å². The second-order valence-corrected chi connectivity index (χ2v) is 5.83. The van der Waals surface area contributed by atoms with Gasteiger partial charge in [-0.25, -0.2) is 0 Å². The Morgan fingerprint density at radius 2 is 1.95 bits per heavy atom. The van der Waals surface area contributed by atoms with Crippen molar-refractivity contribution >= 4 is 27.5 Å². The van der Waals surface area contributed by atoms with E-state index in [4.69, 9.17) is 22.1 Å². The van der Waals surface area contributed by atoms with Gasteiger partial charge < -0.3 is 10.5 Å². The molecule has 0 aliphatic rings. The molecule has 2 aromatic rings. The van der Waals surface area contributed by atoms with E-state index in [2.05, 4.69) is 35.0 Å². The first kappa shape index (κ1) is 15.4. The minimum Gasteiger partial charge on any atom is -0.495 e. The average molecular weight is 355 g/mol. The maximum Gasteiger partial charge on any atom is 0.138 e. The van der Waals surface area contributed by atoms with Gasteiger partial charge in [-0.2, -0.15) is 0 Å². The van der Waals surface area contributed by atoms with Crippen LogP contribution in [0.1, 0.15) is 29.7 Å². The number of benzene rings is 2. The smallest absolute Gasteiger partial charge is 0.138 e. The molecule has 0 spiro atoms. The van der Waals surface area contributed by atoms with E-state index in [1.165, 1.54) is 5.56 Å². The third-order valence-corrected chi connectivity index (χ3v) is 4.15. The van der Waals surface area contributed by atoms with Crippen LogP contribution >= 0.6 is 27.5 Å². The van der Waals surface area contributed by atoms with Gasteiger partial charge in [-0.15, -0.1) is 0 Å². The van der Waals surface area contributed by atoms with Crippen LogP contribution in [0.3, 0.4) is 0 Å². The molecule has 2 rings (SSSR count). The summed E-state index contributed by atoms with van der Waals surface area (Å²) in [5.41, 5.74) is 9.66. The maximum atomic E-state index is 6.45. The number of hydrogen-bond donors (Lipinski definition) is 1. The molecule has 0 bridgehead atoms. The Hall–Kier alpha value is -1.03. The summed E-state index contributed by atoms with van der Waals surface area (Å²) in [6, 6.07) is 11.6. The van der Waals surface area contributed by atoms with Crippen molar-refractivity contribution < 1.29 is 4.74 Å². The van der Waals surface area contributed by atoms with Crippen molar-refractivity contribution in [1.29, 1.82) is 0 Å². The zero-order valence-electron chi connectivity index (χ0n) is 11.5. The van der Waals surface area contributed by atoms with Gasteiger partial charge in [-0.05, 0) is 45.6 Å². The molecule has 0 amide bonds. The lowest BCUT2D eigenvalue weighted by Crippen LogP contribution is -2.15. The Labute approximate surface area is 133 Å². The summed E-state index contributed by atoms with van der Waals surface area (Å²) < 4.78 is 6.27. The second-order valence-electron chi connectivity index (χ2n) is 4.54. The molecular weight excluding hydrogens is 338 g/mol. The Kier molecular flexibility index (Phi) is 5.08. The maximum absolute atomic E-state index is 6.45. The van der Waals surface area contributed by atoms with Crippen LogP contribution in [-0.4, -0.2) is 7.11 Å². The Balaban J connectivity index is 2.55. The van der Waals surface area contributed by atoms with Crippen LogP contribution in [-0.2, 0) is 6.42 Å². The zero-order chi connectivity index (χ0) is 14.7. The van der Waals surface area contributed by atoms with Crippen LogP contribution < -0.4 is 10.5 Å². The summed E-state index contributed by atoms with van der Waals surface area (Å²) in [6.07, 6.45) is 0.938. The van der Waals surface area contributed by atoms with Crippen LogP contribution in [0.2, 0.25) is 5.02 Å². The Bertz CT molecular complexity index is 615. The SMILES string of the molecule is CCc1ccccc1C(N)c1cc(Cl)cc(Br)c1OC. The molecule has 0 aliphatic carbocycles. The quantitative estimate of drug-likeness (QED) is 0.862. The van der Waals surface area contributed by atoms with Crippen molar-refractivity contribution in [3.63, 3.8) is 0 Å². The third-order valence-electron chi connectivity index (χ3n) is 3.35. The highest BCUT2D eigenvalue weighted by Gasteiger charge is 2.19. The summed E-state index contributed by atoms with van der Waals surface area (Å²) in [4.78, 5) is 0. The summed E-state index contributed by atoms with van der Waals surface area (Å²) in [6.45, 7) is 2.12. The molecule has 2 nitrogen and oxygen atoms in total. The number of rotatable bonds is 4. The number of aryl methyl sites for hydroxylation is 1. The van der Waals surface area contributed by atoms with Gasteiger partial charge in [0, 0.05) is 10.6 Å². The van der Waals surface area contributed by atoms with E-state index in [0.717, 1.165) is 27.8 Å². The van der Waals surface area contributed by atoms with Gasteiger partial charge in [0.1, 0.15) is 5.75 Å². The number of nitrogens with two attached hydrogens (primary N) is 1. The van der Waals surface area contributed by atoms with Crippen LogP contribution in [0, 0.1) is 0 Å². The van der Waals surface area contributed by atoms with Crippen molar-refractivity contribution in [3.8, 4) is 5.75 Å². The third kappa shape index (κ3) is 3.00. The molecule has 0 fully saturated rings. The summed E-state index contributed by atoms with van der Waals surface area (Å²) in [5, 5.41) is 0.636. The molecule has 106 valence electrons. The first-order valence-electron chi connectivity index (χ1n) is 6.44. The van der Waals surface area contributed by atoms with Crippen LogP contribution in [0.25, 0.3) is 0 Å². The van der Waals surface area contributed by atoms with E-state index < -0.39 is 0 Å². The lowest BCUT2D eigenvalue weighted by atomic mass is 9.93. The van der Waals surface area contributed by atoms with Crippen molar-refractivity contribution in [1.82, 2.24) is 0 Å². The molecule has 0 radical (unpaired) electrons. The molecule has 0 aromatic heterocycles. The highest BCUT2D eigenvalue weighted by atomic mass is 79.9. The molecular formula is C16H17BrClNO. The molecule has 2 N–H and O–H groups in total. The van der Waals surface area contributed by atoms with E-state index in [0.29, 0.717) is 5.02 Å². The highest BCUT2D eigenvalue weighted by Crippen LogP contribution is 2.38. The first-order valence-corrected chi connectivity index (χ1v) is 7.61. The lowest BCUT2D eigenvalue weighted by Gasteiger charge is -2.20. The fraction of sp³-hybridized carbons (Fsp3) is 0.250. The zero-order valence-corrected chi connectivity index (χ0v) is 13.8. The average Bonchev–Trinajstić information content (AvgIpc) is 2.45. The minimum absolute atomic E-state index is 0.268. The first-order chi connectivity index (χ1) is 9.58. The lowest BCUT2D eigenvalue weighted by molar-refractivity contribution is 0.405. The summed E-state index contributed by atoms with van der Waals surface area (Å²) in [7, 11) is 1.63. The topological polar surface area (TPSA) is 35.2 Å². The normalized spacial score (nSPS) is 12.2. The summed E-state index contributed by atoms with van der Waals surface area (Å²) >= 11 is 9.61. The predicted octanol–water partition coefficient (Wildman–Crippen LogP) is 4.72. The highest BCUT2D eigenvalue weighted by molar-refractivity contribution is 9.10. The van der Waals surface area contributed by atoms with Gasteiger partial charge in [-0.3, -0.25) is 0 Å². The van der Waals surface area contributed by atoms with E-state index in [1.807, 2.05) is 24.3 Å². The monoisotopic (exact) mass is 353 g/mol. The second kappa shape index (κ2) is 6.61. The van der Waals surface area contributed by atoms with Gasteiger partial charge >= 0.3 is 0 Å². The number of halogens is 2. The van der Waals surface area contributed by atoms with Crippen molar-refractivity contribution in [2.45, 2.75) is 19.4 Å². The van der Waals surface area contributed by atoms with Gasteiger partial charge in [0.05, 0.1) is 17.6 Å². The van der Waals surface area contributed by atoms with Gasteiger partial charge in [-0.1, -0.05) is 42.8 Å². The van der Waals surface area contributed by atoms with Gasteiger partial charge in [0.2, 0.25) is 0 Å². The number of ether oxygens (including phenoxy) is 1. The molecule has 0 heterocycles.